The van der Waals surface area contributed by atoms with Crippen molar-refractivity contribution in [3.8, 4) is 23.0 Å². The predicted octanol–water partition coefficient (Wildman–Crippen LogP) is 2.43. The summed E-state index contributed by atoms with van der Waals surface area (Å²) in [6.07, 6.45) is 1.43. The zero-order valence-electron chi connectivity index (χ0n) is 21.7. The zero-order chi connectivity index (χ0) is 27.7. The third-order valence-electron chi connectivity index (χ3n) is 5.47. The van der Waals surface area contributed by atoms with Crippen LogP contribution in [0.2, 0.25) is 0 Å². The summed E-state index contributed by atoms with van der Waals surface area (Å²) in [6.45, 7) is 3.16. The number of carbonyl (C=O) groups excluding carboxylic acids is 3. The summed E-state index contributed by atoms with van der Waals surface area (Å²) >= 11 is 0. The van der Waals surface area contributed by atoms with E-state index in [1.807, 2.05) is 0 Å². The molecule has 38 heavy (non-hydrogen) atoms. The van der Waals surface area contributed by atoms with Gasteiger partial charge in [-0.25, -0.2) is 15.0 Å². The summed E-state index contributed by atoms with van der Waals surface area (Å²) in [5, 5.41) is 9.25. The lowest BCUT2D eigenvalue weighted by Crippen LogP contribution is -2.45. The summed E-state index contributed by atoms with van der Waals surface area (Å²) in [7, 11) is 4.51. The quantitative estimate of drug-likeness (QED) is 0.230. The van der Waals surface area contributed by atoms with Crippen LogP contribution in [-0.4, -0.2) is 58.7 Å². The first-order valence-corrected chi connectivity index (χ1v) is 11.6. The summed E-state index contributed by atoms with van der Waals surface area (Å²) in [5.74, 6) is 0.693. The van der Waals surface area contributed by atoms with Crippen LogP contribution in [0.5, 0.6) is 23.0 Å². The molecule has 1 atom stereocenters. The highest BCUT2D eigenvalue weighted by Gasteiger charge is 2.32. The molecule has 0 fully saturated rings. The maximum atomic E-state index is 12.5. The second-order valence-electron chi connectivity index (χ2n) is 7.89. The minimum Gasteiger partial charge on any atom is -0.497 e. The van der Waals surface area contributed by atoms with E-state index in [9.17, 15) is 14.4 Å². The summed E-state index contributed by atoms with van der Waals surface area (Å²) < 4.78 is 26.7. The smallest absolute Gasteiger partial charge is 0.338 e. The molecule has 0 saturated heterocycles. The predicted molar refractivity (Wildman–Crippen MR) is 138 cm³/mol. The van der Waals surface area contributed by atoms with Gasteiger partial charge in [-0.3, -0.25) is 4.79 Å². The van der Waals surface area contributed by atoms with Gasteiger partial charge in [0.15, 0.2) is 18.1 Å². The Hall–Kier alpha value is -4.74. The van der Waals surface area contributed by atoms with Crippen molar-refractivity contribution in [1.82, 2.24) is 16.1 Å². The van der Waals surface area contributed by atoms with Crippen molar-refractivity contribution >= 4 is 24.1 Å². The van der Waals surface area contributed by atoms with E-state index in [1.54, 1.807) is 57.4 Å². The van der Waals surface area contributed by atoms with Crippen molar-refractivity contribution in [2.45, 2.75) is 19.9 Å². The van der Waals surface area contributed by atoms with E-state index < -0.39 is 23.9 Å². The minimum atomic E-state index is -0.767. The fourth-order valence-corrected chi connectivity index (χ4v) is 3.70. The van der Waals surface area contributed by atoms with Crippen molar-refractivity contribution in [3.63, 3.8) is 0 Å². The molecule has 1 aliphatic heterocycles. The average Bonchev–Trinajstić information content (AvgIpc) is 2.91. The van der Waals surface area contributed by atoms with Crippen LogP contribution >= 0.6 is 0 Å². The molecule has 2 aromatic carbocycles. The van der Waals surface area contributed by atoms with Crippen molar-refractivity contribution in [2.75, 3.05) is 34.5 Å². The van der Waals surface area contributed by atoms with Gasteiger partial charge in [-0.15, -0.1) is 0 Å². The van der Waals surface area contributed by atoms with Gasteiger partial charge in [-0.2, -0.15) is 5.10 Å². The molecule has 1 aliphatic rings. The molecular formula is C26H30N4O8. The van der Waals surface area contributed by atoms with Gasteiger partial charge in [0.05, 0.1) is 45.8 Å². The van der Waals surface area contributed by atoms with Gasteiger partial charge in [-0.1, -0.05) is 6.07 Å². The molecule has 0 aromatic heterocycles. The Labute approximate surface area is 219 Å². The van der Waals surface area contributed by atoms with E-state index in [-0.39, 0.29) is 24.5 Å². The molecule has 1 heterocycles. The van der Waals surface area contributed by atoms with E-state index in [0.717, 1.165) is 0 Å². The van der Waals surface area contributed by atoms with Crippen LogP contribution in [0.3, 0.4) is 0 Å². The van der Waals surface area contributed by atoms with Gasteiger partial charge in [0, 0.05) is 11.3 Å². The number of allylic oxidation sites excluding steroid dienone is 1. The first-order chi connectivity index (χ1) is 18.3. The average molecular weight is 527 g/mol. The van der Waals surface area contributed by atoms with Crippen LogP contribution in [0.25, 0.3) is 0 Å². The van der Waals surface area contributed by atoms with Crippen LogP contribution in [0.15, 0.2) is 52.8 Å². The van der Waals surface area contributed by atoms with Gasteiger partial charge in [-0.05, 0) is 49.7 Å². The van der Waals surface area contributed by atoms with Crippen molar-refractivity contribution in [1.29, 1.82) is 0 Å². The Balaban J connectivity index is 1.69. The van der Waals surface area contributed by atoms with Crippen LogP contribution in [-0.2, 0) is 14.3 Å². The highest BCUT2D eigenvalue weighted by atomic mass is 16.5. The molecule has 2 aromatic rings. The number of benzene rings is 2. The highest BCUT2D eigenvalue weighted by molar-refractivity contribution is 5.95. The second-order valence-corrected chi connectivity index (χ2v) is 7.89. The third kappa shape index (κ3) is 6.72. The Bertz CT molecular complexity index is 1260. The fraction of sp³-hybridized carbons (Fsp3) is 0.308. The number of methoxy groups -OCH3 is 3. The number of hydrogen-bond donors (Lipinski definition) is 3. The van der Waals surface area contributed by atoms with Crippen LogP contribution in [0.4, 0.5) is 4.79 Å². The molecular weight excluding hydrogens is 496 g/mol. The Morgan fingerprint density at radius 3 is 2.45 bits per heavy atom. The summed E-state index contributed by atoms with van der Waals surface area (Å²) in [4.78, 5) is 36.9. The van der Waals surface area contributed by atoms with E-state index in [1.165, 1.54) is 20.4 Å². The van der Waals surface area contributed by atoms with Gasteiger partial charge >= 0.3 is 12.0 Å². The molecule has 0 spiro atoms. The van der Waals surface area contributed by atoms with E-state index in [4.69, 9.17) is 23.7 Å². The highest BCUT2D eigenvalue weighted by Crippen LogP contribution is 2.34. The summed E-state index contributed by atoms with van der Waals surface area (Å²) in [6, 6.07) is 8.82. The number of nitrogens with zero attached hydrogens (tertiary/aromatic N) is 1. The van der Waals surface area contributed by atoms with E-state index >= 15 is 0 Å². The number of urea groups is 1. The molecule has 0 aliphatic carbocycles. The van der Waals surface area contributed by atoms with Crippen LogP contribution in [0.1, 0.15) is 31.0 Å². The fourth-order valence-electron chi connectivity index (χ4n) is 3.70. The molecule has 0 bridgehead atoms. The maximum Gasteiger partial charge on any atom is 0.338 e. The molecule has 0 radical (unpaired) electrons. The Morgan fingerprint density at radius 2 is 1.76 bits per heavy atom. The largest absolute Gasteiger partial charge is 0.497 e. The first-order valence-electron chi connectivity index (χ1n) is 11.6. The second kappa shape index (κ2) is 13.0. The third-order valence-corrected chi connectivity index (χ3v) is 5.47. The SMILES string of the molecule is CCOC(=O)C1=C(C)NC(=O)N[C@H]1c1ccc(OCC(=O)N/N=C\c2cc(OC)ccc2OC)c(OC)c1. The van der Waals surface area contributed by atoms with E-state index in [0.29, 0.717) is 34.1 Å². The lowest BCUT2D eigenvalue weighted by atomic mass is 9.95. The Kier molecular flexibility index (Phi) is 9.52. The standard InChI is InChI=1S/C26H30N4O8/c1-6-37-25(32)23-15(2)28-26(33)29-24(23)16-7-9-20(21(12-16)36-5)38-14-22(31)30-27-13-17-11-18(34-3)8-10-19(17)35-4/h7-13,24H,6,14H2,1-5H3,(H,30,31)(H2,28,29,33)/b27-13-/t24-/m0/s1. The molecule has 0 saturated carbocycles. The number of hydrogen-bond acceptors (Lipinski definition) is 9. The van der Waals surface area contributed by atoms with Gasteiger partial charge < -0.3 is 34.3 Å². The molecule has 3 N–H and O–H groups in total. The van der Waals surface area contributed by atoms with Crippen molar-refractivity contribution in [2.24, 2.45) is 5.10 Å². The monoisotopic (exact) mass is 526 g/mol. The number of nitrogens with one attached hydrogen (secondary N) is 3. The van der Waals surface area contributed by atoms with Crippen molar-refractivity contribution in [3.05, 3.63) is 58.8 Å². The molecule has 3 amide bonds. The van der Waals surface area contributed by atoms with Gasteiger partial charge in [0.25, 0.3) is 5.91 Å². The molecule has 3 rings (SSSR count). The number of amides is 3. The normalized spacial score (nSPS) is 14.9. The molecule has 202 valence electrons. The lowest BCUT2D eigenvalue weighted by molar-refractivity contribution is -0.139. The lowest BCUT2D eigenvalue weighted by Gasteiger charge is -2.28. The van der Waals surface area contributed by atoms with Crippen LogP contribution < -0.4 is 35.0 Å². The summed E-state index contributed by atoms with van der Waals surface area (Å²) in [5.41, 5.74) is 4.22. The van der Waals surface area contributed by atoms with Gasteiger partial charge in [0.2, 0.25) is 0 Å². The zero-order valence-corrected chi connectivity index (χ0v) is 21.7. The molecule has 0 unspecified atom stereocenters. The minimum absolute atomic E-state index is 0.186. The maximum absolute atomic E-state index is 12.5. The number of rotatable bonds is 11. The first kappa shape index (κ1) is 27.8. The number of carbonyl (C=O) groups is 3. The van der Waals surface area contributed by atoms with E-state index in [2.05, 4.69) is 21.2 Å². The number of hydrazone groups is 1. The molecule has 12 nitrogen and oxygen atoms in total. The number of esters is 1. The topological polar surface area (TPSA) is 146 Å². The Morgan fingerprint density at radius 1 is 1.03 bits per heavy atom. The molecule has 12 heteroatoms. The van der Waals surface area contributed by atoms with Crippen LogP contribution in [0, 0.1) is 0 Å². The van der Waals surface area contributed by atoms with Crippen molar-refractivity contribution < 1.29 is 38.1 Å². The number of ether oxygens (including phenoxy) is 5. The van der Waals surface area contributed by atoms with Gasteiger partial charge in [0.1, 0.15) is 11.5 Å².